The van der Waals surface area contributed by atoms with Crippen molar-refractivity contribution >= 4 is 5.91 Å². The molecule has 0 aliphatic carbocycles. The number of hydrogen-bond donors (Lipinski definition) is 1. The van der Waals surface area contributed by atoms with Crippen molar-refractivity contribution in [3.63, 3.8) is 0 Å². The highest BCUT2D eigenvalue weighted by Crippen LogP contribution is 2.22. The number of benzene rings is 1. The molecule has 1 aromatic carbocycles. The second kappa shape index (κ2) is 7.32. The first-order chi connectivity index (χ1) is 9.36. The van der Waals surface area contributed by atoms with E-state index in [1.54, 1.807) is 0 Å². The smallest absolute Gasteiger partial charge is 0.261 e. The molecule has 1 aromatic rings. The lowest BCUT2D eigenvalue weighted by Crippen LogP contribution is -2.44. The Balaban J connectivity index is 2.76. The molecule has 0 aliphatic heterocycles. The fourth-order valence-electron chi connectivity index (χ4n) is 1.81. The van der Waals surface area contributed by atoms with Crippen LogP contribution in [-0.4, -0.2) is 18.1 Å². The molecule has 0 saturated carbocycles. The first kappa shape index (κ1) is 16.5. The molecule has 0 radical (unpaired) electrons. The topological polar surface area (TPSA) is 38.3 Å². The van der Waals surface area contributed by atoms with Crippen LogP contribution >= 0.6 is 0 Å². The number of ether oxygens (including phenoxy) is 1. The van der Waals surface area contributed by atoms with Crippen LogP contribution < -0.4 is 10.1 Å². The molecule has 0 bridgehead atoms. The normalized spacial score (nSPS) is 13.9. The third kappa shape index (κ3) is 4.26. The number of carbonyl (C=O) groups is 1. The van der Waals surface area contributed by atoms with E-state index >= 15 is 0 Å². The van der Waals surface area contributed by atoms with Gasteiger partial charge in [-0.05, 0) is 50.3 Å². The molecule has 1 amide bonds. The molecule has 0 spiro atoms. The Labute approximate surface area is 122 Å². The van der Waals surface area contributed by atoms with Crippen molar-refractivity contribution < 1.29 is 9.53 Å². The van der Waals surface area contributed by atoms with Crippen molar-refractivity contribution in [2.24, 2.45) is 5.92 Å². The quantitative estimate of drug-likeness (QED) is 0.862. The molecule has 1 rings (SSSR count). The maximum Gasteiger partial charge on any atom is 0.261 e. The highest BCUT2D eigenvalue weighted by Gasteiger charge is 2.21. The van der Waals surface area contributed by atoms with E-state index in [2.05, 4.69) is 19.2 Å². The molecule has 3 heteroatoms. The number of rotatable bonds is 6. The van der Waals surface area contributed by atoms with Gasteiger partial charge in [0, 0.05) is 6.04 Å². The molecule has 0 aromatic heterocycles. The summed E-state index contributed by atoms with van der Waals surface area (Å²) in [5.41, 5.74) is 2.27. The Morgan fingerprint density at radius 3 is 2.45 bits per heavy atom. The molecular formula is C17H27NO2. The van der Waals surface area contributed by atoms with Gasteiger partial charge in [-0.25, -0.2) is 0 Å². The van der Waals surface area contributed by atoms with E-state index in [1.165, 1.54) is 5.56 Å². The zero-order chi connectivity index (χ0) is 15.3. The van der Waals surface area contributed by atoms with Crippen LogP contribution in [0.1, 0.15) is 45.2 Å². The minimum Gasteiger partial charge on any atom is -0.480 e. The highest BCUT2D eigenvalue weighted by molar-refractivity contribution is 5.81. The molecule has 2 unspecified atom stereocenters. The van der Waals surface area contributed by atoms with E-state index in [4.69, 9.17) is 4.74 Å². The van der Waals surface area contributed by atoms with Gasteiger partial charge in [0.2, 0.25) is 0 Å². The van der Waals surface area contributed by atoms with Gasteiger partial charge in [0.1, 0.15) is 5.75 Å². The summed E-state index contributed by atoms with van der Waals surface area (Å²) in [6.45, 7) is 12.2. The Hall–Kier alpha value is -1.51. The van der Waals surface area contributed by atoms with Crippen molar-refractivity contribution in [3.05, 3.63) is 29.3 Å². The third-order valence-corrected chi connectivity index (χ3v) is 3.86. The molecule has 0 saturated heterocycles. The lowest BCUT2D eigenvalue weighted by atomic mass is 10.1. The van der Waals surface area contributed by atoms with E-state index in [9.17, 15) is 4.79 Å². The third-order valence-electron chi connectivity index (χ3n) is 3.86. The minimum absolute atomic E-state index is 0.0328. The molecule has 2 atom stereocenters. The van der Waals surface area contributed by atoms with Crippen molar-refractivity contribution in [2.45, 2.75) is 60.1 Å². The lowest BCUT2D eigenvalue weighted by molar-refractivity contribution is -0.129. The molecule has 112 valence electrons. The first-order valence-corrected chi connectivity index (χ1v) is 7.40. The summed E-state index contributed by atoms with van der Waals surface area (Å²) >= 11 is 0. The van der Waals surface area contributed by atoms with E-state index in [-0.39, 0.29) is 11.9 Å². The fraction of sp³-hybridized carbons (Fsp3) is 0.588. The number of hydrogen-bond acceptors (Lipinski definition) is 2. The monoisotopic (exact) mass is 277 g/mol. The Bertz CT molecular complexity index is 454. The van der Waals surface area contributed by atoms with Gasteiger partial charge < -0.3 is 10.1 Å². The summed E-state index contributed by atoms with van der Waals surface area (Å²) in [7, 11) is 0. The second-order valence-electron chi connectivity index (χ2n) is 5.75. The van der Waals surface area contributed by atoms with Crippen LogP contribution in [0.2, 0.25) is 0 Å². The molecule has 0 fully saturated rings. The lowest BCUT2D eigenvalue weighted by Gasteiger charge is -2.23. The zero-order valence-electron chi connectivity index (χ0n) is 13.5. The molecular weight excluding hydrogens is 250 g/mol. The van der Waals surface area contributed by atoms with Crippen LogP contribution in [0.5, 0.6) is 5.75 Å². The largest absolute Gasteiger partial charge is 0.480 e. The molecule has 1 N–H and O–H groups in total. The van der Waals surface area contributed by atoms with Gasteiger partial charge in [0.05, 0.1) is 0 Å². The van der Waals surface area contributed by atoms with Crippen LogP contribution in [0.4, 0.5) is 0 Å². The molecule has 0 aliphatic rings. The van der Waals surface area contributed by atoms with Crippen molar-refractivity contribution in [3.8, 4) is 5.75 Å². The van der Waals surface area contributed by atoms with Gasteiger partial charge in [-0.3, -0.25) is 4.79 Å². The van der Waals surface area contributed by atoms with Gasteiger partial charge in [0.15, 0.2) is 6.10 Å². The Morgan fingerprint density at radius 2 is 1.90 bits per heavy atom. The summed E-state index contributed by atoms with van der Waals surface area (Å²) < 4.78 is 5.91. The van der Waals surface area contributed by atoms with Crippen LogP contribution in [0.3, 0.4) is 0 Å². The predicted octanol–water partition coefficient (Wildman–Crippen LogP) is 3.62. The number of nitrogens with one attached hydrogen (secondary N) is 1. The van der Waals surface area contributed by atoms with Gasteiger partial charge in [0.25, 0.3) is 5.91 Å². The molecule has 20 heavy (non-hydrogen) atoms. The summed E-state index contributed by atoms with van der Waals surface area (Å²) in [4.78, 5) is 12.3. The van der Waals surface area contributed by atoms with E-state index in [0.29, 0.717) is 12.3 Å². The van der Waals surface area contributed by atoms with Crippen LogP contribution in [0.25, 0.3) is 0 Å². The number of carbonyl (C=O) groups excluding carboxylic acids is 1. The maximum absolute atomic E-state index is 12.3. The Kier molecular flexibility index (Phi) is 6.05. The number of aryl methyl sites for hydroxylation is 1. The van der Waals surface area contributed by atoms with Crippen LogP contribution in [-0.2, 0) is 4.79 Å². The standard InChI is InChI=1S/C17H27NO2/c1-7-15(17(19)18-14(6)11(2)3)20-16-10-8-9-12(4)13(16)5/h8-11,14-15H,7H2,1-6H3,(H,18,19). The summed E-state index contributed by atoms with van der Waals surface area (Å²) in [6, 6.07) is 6.08. The van der Waals surface area contributed by atoms with Crippen molar-refractivity contribution in [1.29, 1.82) is 0 Å². The number of amides is 1. The average molecular weight is 277 g/mol. The first-order valence-electron chi connectivity index (χ1n) is 7.40. The summed E-state index contributed by atoms with van der Waals surface area (Å²) in [6.07, 6.45) is 0.223. The van der Waals surface area contributed by atoms with Crippen molar-refractivity contribution in [1.82, 2.24) is 5.32 Å². The van der Waals surface area contributed by atoms with Gasteiger partial charge in [-0.1, -0.05) is 32.9 Å². The van der Waals surface area contributed by atoms with E-state index in [0.717, 1.165) is 11.3 Å². The predicted molar refractivity (Wildman–Crippen MR) is 83.1 cm³/mol. The van der Waals surface area contributed by atoms with Gasteiger partial charge >= 0.3 is 0 Å². The highest BCUT2D eigenvalue weighted by atomic mass is 16.5. The minimum atomic E-state index is -0.434. The van der Waals surface area contributed by atoms with E-state index in [1.807, 2.05) is 45.9 Å². The van der Waals surface area contributed by atoms with E-state index < -0.39 is 6.10 Å². The summed E-state index contributed by atoms with van der Waals surface area (Å²) in [5.74, 6) is 1.18. The van der Waals surface area contributed by atoms with Crippen LogP contribution in [0.15, 0.2) is 18.2 Å². The Morgan fingerprint density at radius 1 is 1.25 bits per heavy atom. The molecule has 3 nitrogen and oxygen atoms in total. The zero-order valence-corrected chi connectivity index (χ0v) is 13.5. The van der Waals surface area contributed by atoms with Gasteiger partial charge in [-0.2, -0.15) is 0 Å². The molecule has 0 heterocycles. The summed E-state index contributed by atoms with van der Waals surface area (Å²) in [5, 5.41) is 3.02. The van der Waals surface area contributed by atoms with Gasteiger partial charge in [-0.15, -0.1) is 0 Å². The maximum atomic E-state index is 12.3. The SMILES string of the molecule is CCC(Oc1cccc(C)c1C)C(=O)NC(C)C(C)C. The average Bonchev–Trinajstić information content (AvgIpc) is 2.40. The second-order valence-corrected chi connectivity index (χ2v) is 5.75. The fourth-order valence-corrected chi connectivity index (χ4v) is 1.81. The van der Waals surface area contributed by atoms with Crippen molar-refractivity contribution in [2.75, 3.05) is 0 Å². The van der Waals surface area contributed by atoms with Crippen LogP contribution in [0, 0.1) is 19.8 Å².